The summed E-state index contributed by atoms with van der Waals surface area (Å²) in [4.78, 5) is 4.72. The highest BCUT2D eigenvalue weighted by atomic mass is 32.1. The van der Waals surface area contributed by atoms with Gasteiger partial charge in [0.2, 0.25) is 0 Å². The zero-order chi connectivity index (χ0) is 12.5. The standard InChI is InChI=1S/C13H22N2OS/c1-12(2,16-3)11-15-10(9-17-11)13(14)7-5-4-6-8-13/h9H,4-8,14H2,1-3H3. The molecule has 3 nitrogen and oxygen atoms in total. The molecule has 0 radical (unpaired) electrons. The van der Waals surface area contributed by atoms with Crippen LogP contribution in [0.5, 0.6) is 0 Å². The molecule has 17 heavy (non-hydrogen) atoms. The Kier molecular flexibility index (Phi) is 3.57. The van der Waals surface area contributed by atoms with Crippen LogP contribution in [-0.2, 0) is 15.9 Å². The summed E-state index contributed by atoms with van der Waals surface area (Å²) in [6.45, 7) is 4.08. The Morgan fingerprint density at radius 3 is 2.59 bits per heavy atom. The zero-order valence-corrected chi connectivity index (χ0v) is 11.8. The summed E-state index contributed by atoms with van der Waals surface area (Å²) in [5.74, 6) is 0. The average molecular weight is 254 g/mol. The molecule has 4 heteroatoms. The van der Waals surface area contributed by atoms with Crippen LogP contribution in [-0.4, -0.2) is 12.1 Å². The first-order valence-corrected chi connectivity index (χ1v) is 7.16. The molecular formula is C13H22N2OS. The predicted molar refractivity (Wildman–Crippen MR) is 71.1 cm³/mol. The van der Waals surface area contributed by atoms with Crippen molar-refractivity contribution in [1.82, 2.24) is 4.98 Å². The van der Waals surface area contributed by atoms with Crippen LogP contribution >= 0.6 is 11.3 Å². The Morgan fingerprint density at radius 2 is 2.00 bits per heavy atom. The lowest BCUT2D eigenvalue weighted by molar-refractivity contribution is 0.0187. The molecule has 1 heterocycles. The fourth-order valence-corrected chi connectivity index (χ4v) is 3.33. The van der Waals surface area contributed by atoms with Crippen molar-refractivity contribution in [3.63, 3.8) is 0 Å². The van der Waals surface area contributed by atoms with E-state index < -0.39 is 0 Å². The smallest absolute Gasteiger partial charge is 0.124 e. The van der Waals surface area contributed by atoms with Crippen molar-refractivity contribution in [3.8, 4) is 0 Å². The molecule has 1 aromatic rings. The predicted octanol–water partition coefficient (Wildman–Crippen LogP) is 3.14. The van der Waals surface area contributed by atoms with E-state index in [1.54, 1.807) is 18.4 Å². The third kappa shape index (κ3) is 2.54. The van der Waals surface area contributed by atoms with Crippen LogP contribution in [0.1, 0.15) is 56.7 Å². The summed E-state index contributed by atoms with van der Waals surface area (Å²) in [7, 11) is 1.72. The van der Waals surface area contributed by atoms with Crippen LogP contribution in [0.3, 0.4) is 0 Å². The summed E-state index contributed by atoms with van der Waals surface area (Å²) < 4.78 is 5.46. The minimum Gasteiger partial charge on any atom is -0.372 e. The summed E-state index contributed by atoms with van der Waals surface area (Å²) in [6.07, 6.45) is 5.86. The second-order valence-electron chi connectivity index (χ2n) is 5.47. The molecule has 0 saturated heterocycles. The van der Waals surface area contributed by atoms with Crippen molar-refractivity contribution in [1.29, 1.82) is 0 Å². The topological polar surface area (TPSA) is 48.1 Å². The van der Waals surface area contributed by atoms with E-state index in [2.05, 4.69) is 5.38 Å². The number of aromatic nitrogens is 1. The SMILES string of the molecule is COC(C)(C)c1nc(C2(N)CCCCC2)cs1. The van der Waals surface area contributed by atoms with Crippen LogP contribution in [0.4, 0.5) is 0 Å². The van der Waals surface area contributed by atoms with Crippen LogP contribution < -0.4 is 5.73 Å². The number of ether oxygens (including phenoxy) is 1. The highest BCUT2D eigenvalue weighted by molar-refractivity contribution is 7.09. The quantitative estimate of drug-likeness (QED) is 0.901. The number of methoxy groups -OCH3 is 1. The molecular weight excluding hydrogens is 232 g/mol. The van der Waals surface area contributed by atoms with Crippen molar-refractivity contribution < 1.29 is 4.74 Å². The molecule has 0 aromatic carbocycles. The van der Waals surface area contributed by atoms with E-state index in [1.165, 1.54) is 19.3 Å². The maximum absolute atomic E-state index is 6.48. The lowest BCUT2D eigenvalue weighted by Crippen LogP contribution is -2.39. The summed E-state index contributed by atoms with van der Waals surface area (Å²) in [5, 5.41) is 3.13. The number of hydrogen-bond acceptors (Lipinski definition) is 4. The maximum atomic E-state index is 6.48. The molecule has 96 valence electrons. The normalized spacial score (nSPS) is 20.5. The molecule has 2 N–H and O–H groups in total. The van der Waals surface area contributed by atoms with Crippen LogP contribution in [0.2, 0.25) is 0 Å². The number of rotatable bonds is 3. The van der Waals surface area contributed by atoms with Gasteiger partial charge in [-0.05, 0) is 26.7 Å². The summed E-state index contributed by atoms with van der Waals surface area (Å²) >= 11 is 1.66. The third-order valence-electron chi connectivity index (χ3n) is 3.79. The first kappa shape index (κ1) is 13.0. The van der Waals surface area contributed by atoms with Crippen molar-refractivity contribution >= 4 is 11.3 Å². The van der Waals surface area contributed by atoms with E-state index in [9.17, 15) is 0 Å². The molecule has 0 bridgehead atoms. The fraction of sp³-hybridized carbons (Fsp3) is 0.769. The van der Waals surface area contributed by atoms with Gasteiger partial charge in [-0.25, -0.2) is 4.98 Å². The van der Waals surface area contributed by atoms with Gasteiger partial charge in [-0.15, -0.1) is 11.3 Å². The van der Waals surface area contributed by atoms with E-state index in [4.69, 9.17) is 15.5 Å². The molecule has 1 aliphatic carbocycles. The highest BCUT2D eigenvalue weighted by Gasteiger charge is 2.33. The van der Waals surface area contributed by atoms with E-state index in [0.717, 1.165) is 23.5 Å². The van der Waals surface area contributed by atoms with E-state index >= 15 is 0 Å². The number of nitrogens with two attached hydrogens (primary N) is 1. The first-order valence-electron chi connectivity index (χ1n) is 6.28. The molecule has 0 spiro atoms. The lowest BCUT2D eigenvalue weighted by Gasteiger charge is -2.32. The van der Waals surface area contributed by atoms with Gasteiger partial charge in [-0.1, -0.05) is 19.3 Å². The van der Waals surface area contributed by atoms with Crippen molar-refractivity contribution in [2.45, 2.75) is 57.1 Å². The Hall–Kier alpha value is -0.450. The molecule has 0 unspecified atom stereocenters. The first-order chi connectivity index (χ1) is 7.98. The second-order valence-corrected chi connectivity index (χ2v) is 6.33. The van der Waals surface area contributed by atoms with E-state index in [-0.39, 0.29) is 11.1 Å². The number of nitrogens with zero attached hydrogens (tertiary/aromatic N) is 1. The minimum absolute atomic E-state index is 0.198. The van der Waals surface area contributed by atoms with Crippen molar-refractivity contribution in [2.24, 2.45) is 5.73 Å². The molecule has 0 atom stereocenters. The van der Waals surface area contributed by atoms with Gasteiger partial charge in [0.05, 0.1) is 11.2 Å². The van der Waals surface area contributed by atoms with Gasteiger partial charge in [-0.3, -0.25) is 0 Å². The van der Waals surface area contributed by atoms with Crippen molar-refractivity contribution in [3.05, 3.63) is 16.1 Å². The largest absolute Gasteiger partial charge is 0.372 e. The van der Waals surface area contributed by atoms with Gasteiger partial charge in [0.25, 0.3) is 0 Å². The average Bonchev–Trinajstić information content (AvgIpc) is 2.80. The van der Waals surface area contributed by atoms with Crippen LogP contribution in [0, 0.1) is 0 Å². The van der Waals surface area contributed by atoms with Gasteiger partial charge >= 0.3 is 0 Å². The van der Waals surface area contributed by atoms with Gasteiger partial charge in [0.15, 0.2) is 0 Å². The maximum Gasteiger partial charge on any atom is 0.124 e. The molecule has 0 amide bonds. The summed E-state index contributed by atoms with van der Waals surface area (Å²) in [6, 6.07) is 0. The third-order valence-corrected chi connectivity index (χ3v) is 4.93. The Balaban J connectivity index is 2.23. The van der Waals surface area contributed by atoms with Gasteiger partial charge in [0, 0.05) is 12.5 Å². The minimum atomic E-state index is -0.312. The molecule has 1 saturated carbocycles. The Bertz CT molecular complexity index is 381. The fourth-order valence-electron chi connectivity index (χ4n) is 2.31. The molecule has 1 aromatic heterocycles. The molecule has 1 fully saturated rings. The highest BCUT2D eigenvalue weighted by Crippen LogP contribution is 2.37. The number of hydrogen-bond donors (Lipinski definition) is 1. The summed E-state index contributed by atoms with van der Waals surface area (Å²) in [5.41, 5.74) is 7.03. The van der Waals surface area contributed by atoms with Gasteiger partial charge in [-0.2, -0.15) is 0 Å². The van der Waals surface area contributed by atoms with Crippen LogP contribution in [0.25, 0.3) is 0 Å². The van der Waals surface area contributed by atoms with Crippen molar-refractivity contribution in [2.75, 3.05) is 7.11 Å². The van der Waals surface area contributed by atoms with E-state index in [0.29, 0.717) is 0 Å². The molecule has 1 aliphatic rings. The van der Waals surface area contributed by atoms with Crippen LogP contribution in [0.15, 0.2) is 5.38 Å². The zero-order valence-electron chi connectivity index (χ0n) is 11.0. The molecule has 0 aliphatic heterocycles. The number of thiazole rings is 1. The van der Waals surface area contributed by atoms with Gasteiger partial charge < -0.3 is 10.5 Å². The van der Waals surface area contributed by atoms with E-state index in [1.807, 2.05) is 13.8 Å². The monoisotopic (exact) mass is 254 g/mol. The second kappa shape index (κ2) is 4.67. The Morgan fingerprint density at radius 1 is 1.35 bits per heavy atom. The lowest BCUT2D eigenvalue weighted by atomic mass is 9.80. The molecule has 2 rings (SSSR count). The van der Waals surface area contributed by atoms with Gasteiger partial charge in [0.1, 0.15) is 10.6 Å². The Labute approximate surface area is 107 Å².